The number of hydrogen-bond acceptors (Lipinski definition) is 8. The van der Waals surface area contributed by atoms with E-state index >= 15 is 4.39 Å². The van der Waals surface area contributed by atoms with Crippen molar-refractivity contribution >= 4 is 11.9 Å². The summed E-state index contributed by atoms with van der Waals surface area (Å²) in [6.45, 7) is 2.13. The summed E-state index contributed by atoms with van der Waals surface area (Å²) in [7, 11) is 0. The molecule has 0 aliphatic heterocycles. The number of pyridine rings is 1. The molecule has 0 aliphatic rings. The molecule has 11 heteroatoms. The van der Waals surface area contributed by atoms with E-state index in [2.05, 4.69) is 30.6 Å². The molecule has 0 saturated heterocycles. The van der Waals surface area contributed by atoms with Crippen molar-refractivity contribution in [3.05, 3.63) is 102 Å². The summed E-state index contributed by atoms with van der Waals surface area (Å²) in [6.07, 6.45) is 2.49. The van der Waals surface area contributed by atoms with Crippen LogP contribution in [0.2, 0.25) is 0 Å². The SMILES string of the molecule is CCc1cccc(Cn2cc(-c3cc(-c4cccc(C#N)c4F)nc(NC(=O)COc4ccccc4)n3)nn2)n1. The van der Waals surface area contributed by atoms with E-state index in [1.165, 1.54) is 18.2 Å². The number of para-hydroxylation sites is 1. The van der Waals surface area contributed by atoms with Crippen LogP contribution in [-0.2, 0) is 17.8 Å². The third-order valence-corrected chi connectivity index (χ3v) is 5.84. The highest BCUT2D eigenvalue weighted by atomic mass is 19.1. The summed E-state index contributed by atoms with van der Waals surface area (Å²) in [5, 5.41) is 20.3. The van der Waals surface area contributed by atoms with E-state index in [4.69, 9.17) is 4.74 Å². The summed E-state index contributed by atoms with van der Waals surface area (Å²) in [5.41, 5.74) is 2.57. The Morgan fingerprint density at radius 2 is 1.75 bits per heavy atom. The van der Waals surface area contributed by atoms with Crippen LogP contribution in [0.15, 0.2) is 79.0 Å². The van der Waals surface area contributed by atoms with Gasteiger partial charge in [0.05, 0.1) is 35.4 Å². The minimum atomic E-state index is -0.732. The van der Waals surface area contributed by atoms with Gasteiger partial charge in [0.2, 0.25) is 5.95 Å². The number of nitriles is 1. The first-order valence-electron chi connectivity index (χ1n) is 12.4. The van der Waals surface area contributed by atoms with Gasteiger partial charge in [-0.1, -0.05) is 42.5 Å². The number of ether oxygens (including phenoxy) is 1. The molecule has 3 heterocycles. The highest BCUT2D eigenvalue weighted by molar-refractivity contribution is 5.90. The molecule has 0 radical (unpaired) electrons. The fourth-order valence-electron chi connectivity index (χ4n) is 3.89. The number of aryl methyl sites for hydroxylation is 1. The van der Waals surface area contributed by atoms with Gasteiger partial charge in [0.15, 0.2) is 6.61 Å². The molecule has 0 atom stereocenters. The number of halogens is 1. The van der Waals surface area contributed by atoms with Crippen LogP contribution in [0.25, 0.3) is 22.6 Å². The second-order valence-corrected chi connectivity index (χ2v) is 8.67. The molecule has 10 nitrogen and oxygen atoms in total. The zero-order chi connectivity index (χ0) is 27.9. The first-order chi connectivity index (χ1) is 19.5. The first-order valence-corrected chi connectivity index (χ1v) is 12.4. The van der Waals surface area contributed by atoms with Crippen molar-refractivity contribution in [2.75, 3.05) is 11.9 Å². The summed E-state index contributed by atoms with van der Waals surface area (Å²) in [6, 6.07) is 22.5. The van der Waals surface area contributed by atoms with E-state index in [-0.39, 0.29) is 29.4 Å². The van der Waals surface area contributed by atoms with E-state index in [0.717, 1.165) is 17.8 Å². The molecule has 0 unspecified atom stereocenters. The highest BCUT2D eigenvalue weighted by Crippen LogP contribution is 2.27. The standard InChI is InChI=1S/C29H23FN8O2/c1-2-20-9-7-10-21(32-20)16-38-17-26(36-37-38)25-14-24(23-13-6-8-19(15-31)28(23)30)33-29(34-25)35-27(39)18-40-22-11-4-3-5-12-22/h3-14,17H,2,16,18H2,1H3,(H,33,34,35,39). The van der Waals surface area contributed by atoms with E-state index in [0.29, 0.717) is 23.7 Å². The molecule has 0 saturated carbocycles. The predicted molar refractivity (Wildman–Crippen MR) is 144 cm³/mol. The van der Waals surface area contributed by atoms with Crippen molar-refractivity contribution in [3.63, 3.8) is 0 Å². The number of nitrogens with zero attached hydrogens (tertiary/aromatic N) is 7. The van der Waals surface area contributed by atoms with Gasteiger partial charge >= 0.3 is 0 Å². The molecule has 0 spiro atoms. The van der Waals surface area contributed by atoms with Crippen molar-refractivity contribution in [2.24, 2.45) is 0 Å². The number of amides is 1. The lowest BCUT2D eigenvalue weighted by atomic mass is 10.1. The third-order valence-electron chi connectivity index (χ3n) is 5.84. The number of rotatable bonds is 9. The lowest BCUT2D eigenvalue weighted by Crippen LogP contribution is -2.21. The second-order valence-electron chi connectivity index (χ2n) is 8.67. The van der Waals surface area contributed by atoms with Gasteiger partial charge in [0, 0.05) is 11.3 Å². The third kappa shape index (κ3) is 6.14. The molecular formula is C29H23FN8O2. The Balaban J connectivity index is 1.45. The van der Waals surface area contributed by atoms with Crippen molar-refractivity contribution in [3.8, 4) is 34.5 Å². The van der Waals surface area contributed by atoms with Gasteiger partial charge < -0.3 is 4.74 Å². The minimum absolute atomic E-state index is 0.0757. The Morgan fingerprint density at radius 1 is 0.975 bits per heavy atom. The maximum Gasteiger partial charge on any atom is 0.264 e. The van der Waals surface area contributed by atoms with E-state index < -0.39 is 11.7 Å². The Labute approximate surface area is 229 Å². The maximum atomic E-state index is 15.1. The van der Waals surface area contributed by atoms with Crippen LogP contribution in [0.4, 0.5) is 10.3 Å². The number of benzene rings is 2. The molecule has 5 aromatic rings. The molecule has 1 amide bonds. The molecular weight excluding hydrogens is 511 g/mol. The van der Waals surface area contributed by atoms with Gasteiger partial charge in [-0.3, -0.25) is 15.1 Å². The lowest BCUT2D eigenvalue weighted by molar-refractivity contribution is -0.118. The zero-order valence-electron chi connectivity index (χ0n) is 21.5. The van der Waals surface area contributed by atoms with Crippen LogP contribution in [0, 0.1) is 17.1 Å². The molecule has 0 aliphatic carbocycles. The Kier molecular flexibility index (Phi) is 7.78. The van der Waals surface area contributed by atoms with Crippen molar-refractivity contribution in [1.82, 2.24) is 29.9 Å². The Bertz CT molecular complexity index is 1700. The van der Waals surface area contributed by atoms with E-state index in [1.807, 2.05) is 37.3 Å². The first kappa shape index (κ1) is 26.1. The molecule has 2 aromatic carbocycles. The Hall–Kier alpha value is -5.50. The lowest BCUT2D eigenvalue weighted by Gasteiger charge is -2.10. The molecule has 0 bridgehead atoms. The van der Waals surface area contributed by atoms with Gasteiger partial charge in [-0.2, -0.15) is 5.26 Å². The normalized spacial score (nSPS) is 10.6. The number of aromatic nitrogens is 6. The van der Waals surface area contributed by atoms with Crippen LogP contribution >= 0.6 is 0 Å². The minimum Gasteiger partial charge on any atom is -0.484 e. The molecule has 1 N–H and O–H groups in total. The van der Waals surface area contributed by atoms with Crippen molar-refractivity contribution < 1.29 is 13.9 Å². The summed E-state index contributed by atoms with van der Waals surface area (Å²) in [5.74, 6) is -0.796. The Morgan fingerprint density at radius 3 is 2.55 bits per heavy atom. The number of carbonyl (C=O) groups is 1. The number of nitrogens with one attached hydrogen (secondary N) is 1. The summed E-state index contributed by atoms with van der Waals surface area (Å²) < 4.78 is 22.2. The van der Waals surface area contributed by atoms with E-state index in [9.17, 15) is 10.1 Å². The van der Waals surface area contributed by atoms with Gasteiger partial charge in [-0.05, 0) is 48.9 Å². The van der Waals surface area contributed by atoms with Crippen LogP contribution in [0.1, 0.15) is 23.9 Å². The average molecular weight is 535 g/mol. The summed E-state index contributed by atoms with van der Waals surface area (Å²) in [4.78, 5) is 26.0. The molecule has 0 fully saturated rings. The van der Waals surface area contributed by atoms with Crippen molar-refractivity contribution in [1.29, 1.82) is 5.26 Å². The average Bonchev–Trinajstić information content (AvgIpc) is 3.45. The smallest absolute Gasteiger partial charge is 0.264 e. The van der Waals surface area contributed by atoms with Gasteiger partial charge in [0.25, 0.3) is 5.91 Å². The number of anilines is 1. The topological polar surface area (TPSA) is 132 Å². The largest absolute Gasteiger partial charge is 0.484 e. The zero-order valence-corrected chi connectivity index (χ0v) is 21.5. The molecule has 3 aromatic heterocycles. The maximum absolute atomic E-state index is 15.1. The number of hydrogen-bond donors (Lipinski definition) is 1. The molecule has 5 rings (SSSR count). The quantitative estimate of drug-likeness (QED) is 0.294. The van der Waals surface area contributed by atoms with Crippen molar-refractivity contribution in [2.45, 2.75) is 19.9 Å². The fourth-order valence-corrected chi connectivity index (χ4v) is 3.89. The van der Waals surface area contributed by atoms with E-state index in [1.54, 1.807) is 41.2 Å². The molecule has 40 heavy (non-hydrogen) atoms. The monoisotopic (exact) mass is 534 g/mol. The summed E-state index contributed by atoms with van der Waals surface area (Å²) >= 11 is 0. The van der Waals surface area contributed by atoms with Gasteiger partial charge in [-0.25, -0.2) is 19.0 Å². The van der Waals surface area contributed by atoms with Gasteiger partial charge in [0.1, 0.15) is 23.3 Å². The van der Waals surface area contributed by atoms with Crippen LogP contribution in [-0.4, -0.2) is 42.5 Å². The van der Waals surface area contributed by atoms with Gasteiger partial charge in [-0.15, -0.1) is 5.10 Å². The van der Waals surface area contributed by atoms with Crippen LogP contribution in [0.5, 0.6) is 5.75 Å². The number of carbonyl (C=O) groups excluding carboxylic acids is 1. The highest BCUT2D eigenvalue weighted by Gasteiger charge is 2.17. The predicted octanol–water partition coefficient (Wildman–Crippen LogP) is 4.44. The molecule has 198 valence electrons. The fraction of sp³-hybridized carbons (Fsp3) is 0.138. The second kappa shape index (κ2) is 11.9. The van der Waals surface area contributed by atoms with Crippen LogP contribution in [0.3, 0.4) is 0 Å². The van der Waals surface area contributed by atoms with Crippen LogP contribution < -0.4 is 10.1 Å².